The molecule has 4 saturated carbocycles. The highest BCUT2D eigenvalue weighted by atomic mass is 16.6. The molecule has 2 amide bonds. The minimum atomic E-state index is -0.480. The van der Waals surface area contributed by atoms with Gasteiger partial charge in [0.25, 0.3) is 5.91 Å². The molecule has 4 fully saturated rings. The molecular weight excluding hydrogens is 454 g/mol. The van der Waals surface area contributed by atoms with Crippen LogP contribution in [-0.2, 0) is 0 Å². The fraction of sp³-hybridized carbons (Fsp3) is 0.393. The molecule has 1 aromatic carbocycles. The highest BCUT2D eigenvalue weighted by Crippen LogP contribution is 2.57. The number of nitrogens with one attached hydrogen (secondary N) is 2. The number of pyridine rings is 1. The first-order chi connectivity index (χ1) is 17.4. The van der Waals surface area contributed by atoms with Crippen LogP contribution in [0.2, 0.25) is 0 Å². The van der Waals surface area contributed by atoms with Crippen LogP contribution < -0.4 is 15.4 Å². The Bertz CT molecular complexity index is 1300. The Morgan fingerprint density at radius 1 is 0.917 bits per heavy atom. The summed E-state index contributed by atoms with van der Waals surface area (Å²) in [7, 11) is 0. The van der Waals surface area contributed by atoms with Gasteiger partial charge in [0.1, 0.15) is 0 Å². The van der Waals surface area contributed by atoms with Crippen molar-refractivity contribution in [2.24, 2.45) is 11.8 Å². The molecule has 36 heavy (non-hydrogen) atoms. The summed E-state index contributed by atoms with van der Waals surface area (Å²) in [6.07, 6.45) is 8.47. The largest absolute Gasteiger partial charge is 0.414 e. The van der Waals surface area contributed by atoms with E-state index in [-0.39, 0.29) is 17.0 Å². The van der Waals surface area contributed by atoms with E-state index in [2.05, 4.69) is 25.6 Å². The van der Waals surface area contributed by atoms with E-state index in [0.717, 1.165) is 43.4 Å². The number of aryl methyl sites for hydroxylation is 1. The van der Waals surface area contributed by atoms with Gasteiger partial charge < -0.3 is 15.4 Å². The van der Waals surface area contributed by atoms with Gasteiger partial charge in [0.2, 0.25) is 5.88 Å². The number of rotatable bonds is 5. The zero-order chi connectivity index (χ0) is 24.8. The summed E-state index contributed by atoms with van der Waals surface area (Å²) in [5.41, 5.74) is 1.47. The third kappa shape index (κ3) is 4.43. The van der Waals surface area contributed by atoms with Crippen molar-refractivity contribution in [3.8, 4) is 17.3 Å². The summed E-state index contributed by atoms with van der Waals surface area (Å²) in [4.78, 5) is 39.2. The number of hydrogen-bond donors (Lipinski definition) is 2. The third-order valence-corrected chi connectivity index (χ3v) is 7.82. The van der Waals surface area contributed by atoms with Crippen molar-refractivity contribution < 1.29 is 14.3 Å². The van der Waals surface area contributed by atoms with Gasteiger partial charge in [-0.25, -0.2) is 19.7 Å². The summed E-state index contributed by atoms with van der Waals surface area (Å²) < 4.78 is 5.51. The number of nitrogens with zero attached hydrogens (tertiary/aromatic N) is 3. The van der Waals surface area contributed by atoms with Crippen LogP contribution in [0.1, 0.15) is 54.6 Å². The lowest BCUT2D eigenvalue weighted by Crippen LogP contribution is -2.70. The van der Waals surface area contributed by atoms with Gasteiger partial charge in [0.05, 0.1) is 0 Å². The highest BCUT2D eigenvalue weighted by molar-refractivity contribution is 5.95. The number of ether oxygens (including phenoxy) is 1. The van der Waals surface area contributed by atoms with E-state index in [9.17, 15) is 9.59 Å². The van der Waals surface area contributed by atoms with Crippen LogP contribution in [0.3, 0.4) is 0 Å². The van der Waals surface area contributed by atoms with E-state index in [1.54, 1.807) is 24.5 Å². The summed E-state index contributed by atoms with van der Waals surface area (Å²) in [6, 6.07) is 14.6. The van der Waals surface area contributed by atoms with Crippen LogP contribution in [0, 0.1) is 18.8 Å². The summed E-state index contributed by atoms with van der Waals surface area (Å²) in [5, 5.41) is 6.58. The van der Waals surface area contributed by atoms with Crippen molar-refractivity contribution in [1.29, 1.82) is 0 Å². The average Bonchev–Trinajstić information content (AvgIpc) is 2.83. The van der Waals surface area contributed by atoms with E-state index in [1.165, 1.54) is 0 Å². The maximum atomic E-state index is 13.4. The molecule has 2 heterocycles. The highest BCUT2D eigenvalue weighted by Gasteiger charge is 2.59. The van der Waals surface area contributed by atoms with Crippen LogP contribution in [0.25, 0.3) is 11.4 Å². The molecule has 0 aliphatic heterocycles. The Hall–Kier alpha value is -3.81. The Balaban J connectivity index is 1.19. The topological polar surface area (TPSA) is 106 Å². The van der Waals surface area contributed by atoms with Gasteiger partial charge in [-0.05, 0) is 81.5 Å². The van der Waals surface area contributed by atoms with E-state index < -0.39 is 6.09 Å². The van der Waals surface area contributed by atoms with Gasteiger partial charge in [-0.15, -0.1) is 0 Å². The van der Waals surface area contributed by atoms with Crippen molar-refractivity contribution in [2.45, 2.75) is 56.5 Å². The molecule has 184 valence electrons. The van der Waals surface area contributed by atoms with Gasteiger partial charge in [0, 0.05) is 46.4 Å². The van der Waals surface area contributed by atoms with Crippen molar-refractivity contribution in [1.82, 2.24) is 25.6 Å². The Labute approximate surface area is 209 Å². The summed E-state index contributed by atoms with van der Waals surface area (Å²) in [5.74, 6) is 1.71. The number of hydrogen-bond acceptors (Lipinski definition) is 6. The second-order valence-electron chi connectivity index (χ2n) is 10.8. The standard InChI is InChI=1S/C28H29N5O3/c1-18-5-2-8-23(31-18)36-26(35)33-28-15-19-11-20(16-28)14-27(13-19,17-28)32-25(34)22-7-3-6-21(12-22)24-29-9-4-10-30-24/h2-10,12,19-20H,11,13-17H2,1H3,(H,32,34)(H,33,35). The monoisotopic (exact) mass is 483 g/mol. The predicted octanol–water partition coefficient (Wildman–Crippen LogP) is 4.46. The fourth-order valence-electron chi connectivity index (χ4n) is 7.03. The van der Waals surface area contributed by atoms with Crippen molar-refractivity contribution in [3.63, 3.8) is 0 Å². The third-order valence-electron chi connectivity index (χ3n) is 7.82. The maximum Gasteiger partial charge on any atom is 0.414 e. The lowest BCUT2D eigenvalue weighted by atomic mass is 9.50. The molecule has 2 aromatic heterocycles. The molecular formula is C28H29N5O3. The first-order valence-electron chi connectivity index (χ1n) is 12.5. The van der Waals surface area contributed by atoms with Gasteiger partial charge in [0.15, 0.2) is 5.82 Å². The van der Waals surface area contributed by atoms with E-state index in [4.69, 9.17) is 4.74 Å². The minimum Gasteiger partial charge on any atom is -0.391 e. The van der Waals surface area contributed by atoms with E-state index in [1.807, 2.05) is 43.3 Å². The molecule has 2 N–H and O–H groups in total. The molecule has 2 atom stereocenters. The Morgan fingerprint density at radius 3 is 2.33 bits per heavy atom. The molecule has 7 rings (SSSR count). The summed E-state index contributed by atoms with van der Waals surface area (Å²) in [6.45, 7) is 1.86. The average molecular weight is 484 g/mol. The zero-order valence-electron chi connectivity index (χ0n) is 20.2. The first kappa shape index (κ1) is 22.6. The predicted molar refractivity (Wildman–Crippen MR) is 133 cm³/mol. The maximum absolute atomic E-state index is 13.4. The van der Waals surface area contributed by atoms with Crippen LogP contribution in [-0.4, -0.2) is 38.0 Å². The van der Waals surface area contributed by atoms with Crippen molar-refractivity contribution in [2.75, 3.05) is 0 Å². The smallest absolute Gasteiger partial charge is 0.391 e. The van der Waals surface area contributed by atoms with Gasteiger partial charge in [-0.3, -0.25) is 4.79 Å². The van der Waals surface area contributed by atoms with Gasteiger partial charge >= 0.3 is 6.09 Å². The second kappa shape index (κ2) is 8.69. The lowest BCUT2D eigenvalue weighted by Gasteiger charge is -2.62. The number of aromatic nitrogens is 3. The number of carbonyl (C=O) groups is 2. The van der Waals surface area contributed by atoms with E-state index >= 15 is 0 Å². The molecule has 0 spiro atoms. The number of carbonyl (C=O) groups excluding carboxylic acids is 2. The zero-order valence-corrected chi connectivity index (χ0v) is 20.2. The van der Waals surface area contributed by atoms with Crippen LogP contribution in [0.4, 0.5) is 4.79 Å². The molecule has 0 saturated heterocycles. The quantitative estimate of drug-likeness (QED) is 0.555. The second-order valence-corrected chi connectivity index (χ2v) is 10.8. The summed E-state index contributed by atoms with van der Waals surface area (Å²) >= 11 is 0. The molecule has 2 unspecified atom stereocenters. The van der Waals surface area contributed by atoms with Gasteiger partial charge in [-0.1, -0.05) is 18.2 Å². The minimum absolute atomic E-state index is 0.101. The molecule has 4 aliphatic rings. The molecule has 0 radical (unpaired) electrons. The number of benzene rings is 1. The van der Waals surface area contributed by atoms with Crippen LogP contribution >= 0.6 is 0 Å². The number of amides is 2. The Morgan fingerprint density at radius 2 is 1.61 bits per heavy atom. The fourth-order valence-corrected chi connectivity index (χ4v) is 7.03. The first-order valence-corrected chi connectivity index (χ1v) is 12.5. The molecule has 8 heteroatoms. The van der Waals surface area contributed by atoms with E-state index in [0.29, 0.717) is 35.5 Å². The molecule has 4 bridgehead atoms. The molecule has 3 aromatic rings. The molecule has 4 aliphatic carbocycles. The van der Waals surface area contributed by atoms with Gasteiger partial charge in [-0.2, -0.15) is 0 Å². The lowest BCUT2D eigenvalue weighted by molar-refractivity contribution is -0.0449. The van der Waals surface area contributed by atoms with Crippen LogP contribution in [0.5, 0.6) is 5.88 Å². The van der Waals surface area contributed by atoms with Crippen molar-refractivity contribution >= 4 is 12.0 Å². The normalized spacial score (nSPS) is 27.9. The SMILES string of the molecule is Cc1cccc(OC(=O)NC23CC4CC(C2)CC(NC(=O)c2cccc(-c5ncccn5)c2)(C4)C3)n1. The Kier molecular flexibility index (Phi) is 5.47. The molecule has 8 nitrogen and oxygen atoms in total. The van der Waals surface area contributed by atoms with Crippen molar-refractivity contribution in [3.05, 3.63) is 72.2 Å². The van der Waals surface area contributed by atoms with Crippen LogP contribution in [0.15, 0.2) is 60.9 Å².